The zero-order valence-corrected chi connectivity index (χ0v) is 20.3. The summed E-state index contributed by atoms with van der Waals surface area (Å²) in [6.45, 7) is 5.82. The van der Waals surface area contributed by atoms with E-state index in [1.54, 1.807) is 6.07 Å². The van der Waals surface area contributed by atoms with Gasteiger partial charge in [-0.2, -0.15) is 0 Å². The van der Waals surface area contributed by atoms with E-state index in [1.165, 1.54) is 16.7 Å². The van der Waals surface area contributed by atoms with Gasteiger partial charge in [0.2, 0.25) is 0 Å². The van der Waals surface area contributed by atoms with E-state index in [4.69, 9.17) is 11.6 Å². The summed E-state index contributed by atoms with van der Waals surface area (Å²) in [6, 6.07) is 24.2. The Kier molecular flexibility index (Phi) is 6.44. The molecule has 2 aliphatic rings. The number of amides is 2. The zero-order valence-electron chi connectivity index (χ0n) is 19.5. The van der Waals surface area contributed by atoms with Gasteiger partial charge in [0, 0.05) is 24.2 Å². The van der Waals surface area contributed by atoms with E-state index in [0.717, 1.165) is 38.2 Å². The normalized spacial score (nSPS) is 17.3. The lowest BCUT2D eigenvalue weighted by Gasteiger charge is -2.39. The van der Waals surface area contributed by atoms with E-state index in [9.17, 15) is 4.79 Å². The van der Waals surface area contributed by atoms with Crippen LogP contribution in [-0.2, 0) is 5.41 Å². The molecule has 5 heteroatoms. The fraction of sp³-hybridized carbons (Fsp3) is 0.276. The van der Waals surface area contributed by atoms with Gasteiger partial charge in [-0.1, -0.05) is 83.9 Å². The van der Waals surface area contributed by atoms with Crippen molar-refractivity contribution in [1.82, 2.24) is 4.90 Å². The number of carbonyl (C=O) groups is 1. The maximum Gasteiger partial charge on any atom is 0.326 e. The van der Waals surface area contributed by atoms with Gasteiger partial charge in [0.15, 0.2) is 0 Å². The van der Waals surface area contributed by atoms with Crippen LogP contribution in [0.1, 0.15) is 29.5 Å². The van der Waals surface area contributed by atoms with Crippen molar-refractivity contribution in [1.29, 1.82) is 0 Å². The summed E-state index contributed by atoms with van der Waals surface area (Å²) in [7, 11) is 0. The van der Waals surface area contributed by atoms with Crippen molar-refractivity contribution in [2.45, 2.75) is 25.2 Å². The highest BCUT2D eigenvalue weighted by atomic mass is 35.5. The van der Waals surface area contributed by atoms with Gasteiger partial charge in [-0.05, 0) is 62.2 Å². The third kappa shape index (κ3) is 4.61. The molecule has 5 rings (SSSR count). The lowest BCUT2D eigenvalue weighted by atomic mass is 9.74. The number of halogens is 1. The number of nitrogens with one attached hydrogen (secondary N) is 1. The average molecular weight is 472 g/mol. The van der Waals surface area contributed by atoms with Crippen molar-refractivity contribution in [3.63, 3.8) is 0 Å². The molecule has 0 radical (unpaired) electrons. The first kappa shape index (κ1) is 22.7. The second kappa shape index (κ2) is 9.65. The van der Waals surface area contributed by atoms with Gasteiger partial charge in [-0.3, -0.25) is 9.80 Å². The molecule has 1 spiro atoms. The van der Waals surface area contributed by atoms with Crippen LogP contribution in [0.4, 0.5) is 16.2 Å². The molecule has 0 bridgehead atoms. The number of aryl methyl sites for hydroxylation is 1. The third-order valence-electron chi connectivity index (χ3n) is 7.12. The predicted octanol–water partition coefficient (Wildman–Crippen LogP) is 6.75. The van der Waals surface area contributed by atoms with E-state index < -0.39 is 0 Å². The minimum absolute atomic E-state index is 0.00117. The smallest absolute Gasteiger partial charge is 0.306 e. The number of rotatable bonds is 4. The molecule has 1 N–H and O–H groups in total. The summed E-state index contributed by atoms with van der Waals surface area (Å²) >= 11 is 6.29. The highest BCUT2D eigenvalue weighted by Gasteiger charge is 2.46. The minimum atomic E-state index is -0.122. The molecule has 174 valence electrons. The monoisotopic (exact) mass is 471 g/mol. The summed E-state index contributed by atoms with van der Waals surface area (Å²) in [5.74, 6) is 0. The molecule has 0 aliphatic carbocycles. The van der Waals surface area contributed by atoms with Crippen LogP contribution in [-0.4, -0.2) is 37.1 Å². The number of piperidine rings is 1. The Morgan fingerprint density at radius 3 is 2.53 bits per heavy atom. The number of hydrogen-bond acceptors (Lipinski definition) is 2. The fourth-order valence-electron chi connectivity index (χ4n) is 5.20. The lowest BCUT2D eigenvalue weighted by Crippen LogP contribution is -2.46. The first-order chi connectivity index (χ1) is 16.5. The fourth-order valence-corrected chi connectivity index (χ4v) is 5.39. The van der Waals surface area contributed by atoms with Crippen LogP contribution in [0.15, 0.2) is 78.9 Å². The Hall–Kier alpha value is -3.08. The van der Waals surface area contributed by atoms with Crippen molar-refractivity contribution in [2.75, 3.05) is 36.4 Å². The van der Waals surface area contributed by atoms with E-state index in [2.05, 4.69) is 71.8 Å². The predicted molar refractivity (Wildman–Crippen MR) is 142 cm³/mol. The van der Waals surface area contributed by atoms with Crippen molar-refractivity contribution in [3.8, 4) is 0 Å². The molecule has 4 nitrogen and oxygen atoms in total. The van der Waals surface area contributed by atoms with Crippen LogP contribution in [0.25, 0.3) is 6.08 Å². The molecule has 34 heavy (non-hydrogen) atoms. The highest BCUT2D eigenvalue weighted by Crippen LogP contribution is 2.47. The van der Waals surface area contributed by atoms with Gasteiger partial charge in [0.05, 0.1) is 10.7 Å². The number of benzene rings is 3. The average Bonchev–Trinajstić information content (AvgIpc) is 3.16. The van der Waals surface area contributed by atoms with E-state index in [1.807, 2.05) is 29.2 Å². The lowest BCUT2D eigenvalue weighted by molar-refractivity contribution is 0.180. The number of likely N-dealkylation sites (tertiary alicyclic amines) is 1. The number of urea groups is 1. The van der Waals surface area contributed by atoms with Crippen LogP contribution in [0.3, 0.4) is 0 Å². The van der Waals surface area contributed by atoms with Gasteiger partial charge >= 0.3 is 6.03 Å². The third-order valence-corrected chi connectivity index (χ3v) is 7.45. The van der Waals surface area contributed by atoms with Gasteiger partial charge in [-0.15, -0.1) is 0 Å². The molecule has 2 aliphatic heterocycles. The van der Waals surface area contributed by atoms with Crippen LogP contribution in [0.2, 0.25) is 5.02 Å². The maximum absolute atomic E-state index is 13.3. The van der Waals surface area contributed by atoms with Gasteiger partial charge < -0.3 is 5.32 Å². The van der Waals surface area contributed by atoms with E-state index >= 15 is 0 Å². The molecular weight excluding hydrogens is 442 g/mol. The standard InChI is InChI=1S/C29H30ClN3O/c1-22-13-14-27-24(20-22)29(21-33(27)28(34)31-26-12-6-5-11-25(26)30)15-18-32(19-16-29)17-7-10-23-8-3-2-4-9-23/h2-14,20H,15-19,21H2,1H3,(H,31,34). The number of para-hydroxylation sites is 1. The molecule has 1 fully saturated rings. The Labute approximate surface area is 206 Å². The second-order valence-electron chi connectivity index (χ2n) is 9.41. The molecule has 0 saturated carbocycles. The number of hydrogen-bond donors (Lipinski definition) is 1. The Balaban J connectivity index is 1.30. The maximum atomic E-state index is 13.3. The first-order valence-electron chi connectivity index (χ1n) is 11.9. The van der Waals surface area contributed by atoms with Crippen molar-refractivity contribution in [2.24, 2.45) is 0 Å². The quantitative estimate of drug-likeness (QED) is 0.457. The molecular formula is C29H30ClN3O. The second-order valence-corrected chi connectivity index (χ2v) is 9.82. The number of carbonyl (C=O) groups excluding carboxylic acids is 1. The molecule has 0 unspecified atom stereocenters. The number of nitrogens with zero attached hydrogens (tertiary/aromatic N) is 2. The topological polar surface area (TPSA) is 35.6 Å². The van der Waals surface area contributed by atoms with Crippen LogP contribution in [0.5, 0.6) is 0 Å². The van der Waals surface area contributed by atoms with Crippen LogP contribution in [0, 0.1) is 6.92 Å². The number of anilines is 2. The largest absolute Gasteiger partial charge is 0.326 e. The molecule has 0 aromatic heterocycles. The molecule has 3 aromatic carbocycles. The summed E-state index contributed by atoms with van der Waals surface area (Å²) in [6.07, 6.45) is 6.53. The molecule has 2 amide bonds. The van der Waals surface area contributed by atoms with Gasteiger partial charge in [-0.25, -0.2) is 4.79 Å². The van der Waals surface area contributed by atoms with Gasteiger partial charge in [0.25, 0.3) is 0 Å². The van der Waals surface area contributed by atoms with E-state index in [-0.39, 0.29) is 11.4 Å². The number of fused-ring (bicyclic) bond motifs is 2. The SMILES string of the molecule is Cc1ccc2c(c1)C1(CCN(CC=Cc3ccccc3)CC1)CN2C(=O)Nc1ccccc1Cl. The van der Waals surface area contributed by atoms with Crippen molar-refractivity contribution in [3.05, 3.63) is 101 Å². The van der Waals surface area contributed by atoms with Crippen molar-refractivity contribution >= 4 is 35.1 Å². The molecule has 1 saturated heterocycles. The molecule has 0 atom stereocenters. The Morgan fingerprint density at radius 1 is 1.03 bits per heavy atom. The van der Waals surface area contributed by atoms with Gasteiger partial charge in [0.1, 0.15) is 0 Å². The summed E-state index contributed by atoms with van der Waals surface area (Å²) in [5, 5.41) is 3.56. The summed E-state index contributed by atoms with van der Waals surface area (Å²) < 4.78 is 0. The Bertz CT molecular complexity index is 1200. The molecule has 3 aromatic rings. The summed E-state index contributed by atoms with van der Waals surface area (Å²) in [5.41, 5.74) is 5.44. The summed E-state index contributed by atoms with van der Waals surface area (Å²) in [4.78, 5) is 17.7. The van der Waals surface area contributed by atoms with E-state index in [0.29, 0.717) is 17.3 Å². The zero-order chi connectivity index (χ0) is 23.5. The highest BCUT2D eigenvalue weighted by molar-refractivity contribution is 6.33. The molecule has 2 heterocycles. The minimum Gasteiger partial charge on any atom is -0.306 e. The van der Waals surface area contributed by atoms with Crippen LogP contribution < -0.4 is 10.2 Å². The van der Waals surface area contributed by atoms with Crippen molar-refractivity contribution < 1.29 is 4.79 Å². The van der Waals surface area contributed by atoms with Crippen LogP contribution >= 0.6 is 11.6 Å². The Morgan fingerprint density at radius 2 is 1.76 bits per heavy atom. The first-order valence-corrected chi connectivity index (χ1v) is 12.3.